The predicted molar refractivity (Wildman–Crippen MR) is 107 cm³/mol. The lowest BCUT2D eigenvalue weighted by Gasteiger charge is -2.20. The third kappa shape index (κ3) is 5.54. The molecule has 1 aromatic heterocycles. The molecule has 0 bridgehead atoms. The quantitative estimate of drug-likeness (QED) is 0.479. The third-order valence-corrected chi connectivity index (χ3v) is 5.29. The molecular formula is C18H19Br2N3O3. The average molecular weight is 485 g/mol. The standard InChI is InChI=1S/C18H19Br2N3O3/c1-10(2)15(22-17(24)12-6-4-11(3)5-7-12)18(25)23-21-9-13-8-14(19)16(20)26-13/h4-10,15H,1-3H3,(H,22,24)(H,23,25). The molecule has 0 saturated heterocycles. The summed E-state index contributed by atoms with van der Waals surface area (Å²) in [7, 11) is 0. The van der Waals surface area contributed by atoms with Gasteiger partial charge in [0.25, 0.3) is 11.8 Å². The van der Waals surface area contributed by atoms with Crippen LogP contribution < -0.4 is 10.7 Å². The Kier molecular flexibility index (Phi) is 7.16. The summed E-state index contributed by atoms with van der Waals surface area (Å²) in [4.78, 5) is 24.7. The third-order valence-electron chi connectivity index (χ3n) is 3.58. The van der Waals surface area contributed by atoms with Crippen molar-refractivity contribution in [1.29, 1.82) is 0 Å². The van der Waals surface area contributed by atoms with Gasteiger partial charge in [-0.2, -0.15) is 5.10 Å². The number of halogens is 2. The van der Waals surface area contributed by atoms with E-state index in [1.54, 1.807) is 18.2 Å². The Balaban J connectivity index is 2.00. The highest BCUT2D eigenvalue weighted by molar-refractivity contribution is 9.13. The second-order valence-corrected chi connectivity index (χ2v) is 7.64. The van der Waals surface area contributed by atoms with Crippen LogP contribution in [0.5, 0.6) is 0 Å². The summed E-state index contributed by atoms with van der Waals surface area (Å²) < 4.78 is 6.62. The van der Waals surface area contributed by atoms with Gasteiger partial charge in [-0.15, -0.1) is 0 Å². The average Bonchev–Trinajstić information content (AvgIpc) is 2.90. The highest BCUT2D eigenvalue weighted by Gasteiger charge is 2.24. The van der Waals surface area contributed by atoms with Crippen LogP contribution in [0, 0.1) is 12.8 Å². The van der Waals surface area contributed by atoms with E-state index >= 15 is 0 Å². The number of carbonyl (C=O) groups is 2. The molecule has 8 heteroatoms. The van der Waals surface area contributed by atoms with Crippen molar-refractivity contribution in [3.63, 3.8) is 0 Å². The van der Waals surface area contributed by atoms with Gasteiger partial charge in [0.05, 0.1) is 10.7 Å². The molecule has 1 aromatic carbocycles. The zero-order chi connectivity index (χ0) is 19.3. The van der Waals surface area contributed by atoms with Gasteiger partial charge in [-0.3, -0.25) is 9.59 Å². The first-order chi connectivity index (χ1) is 12.3. The number of carbonyl (C=O) groups excluding carboxylic acids is 2. The van der Waals surface area contributed by atoms with Gasteiger partial charge in [-0.05, 0) is 56.8 Å². The summed E-state index contributed by atoms with van der Waals surface area (Å²) in [5, 5.41) is 6.63. The first-order valence-corrected chi connectivity index (χ1v) is 9.52. The molecule has 6 nitrogen and oxygen atoms in total. The Bertz CT molecular complexity index is 794. The van der Waals surface area contributed by atoms with E-state index in [1.807, 2.05) is 32.9 Å². The first kappa shape index (κ1) is 20.4. The largest absolute Gasteiger partial charge is 0.447 e. The molecule has 0 radical (unpaired) electrons. The molecule has 0 saturated carbocycles. The number of aryl methyl sites for hydroxylation is 1. The molecule has 0 aliphatic carbocycles. The molecule has 1 unspecified atom stereocenters. The highest BCUT2D eigenvalue weighted by Crippen LogP contribution is 2.25. The molecule has 26 heavy (non-hydrogen) atoms. The smallest absolute Gasteiger partial charge is 0.262 e. The van der Waals surface area contributed by atoms with E-state index in [1.165, 1.54) is 6.21 Å². The van der Waals surface area contributed by atoms with E-state index in [0.29, 0.717) is 16.0 Å². The summed E-state index contributed by atoms with van der Waals surface area (Å²) in [6, 6.07) is 8.15. The lowest BCUT2D eigenvalue weighted by Crippen LogP contribution is -2.48. The minimum atomic E-state index is -0.712. The number of rotatable bonds is 6. The fourth-order valence-corrected chi connectivity index (χ4v) is 2.73. The maximum absolute atomic E-state index is 12.4. The minimum absolute atomic E-state index is 0.105. The highest BCUT2D eigenvalue weighted by atomic mass is 79.9. The number of nitrogens with one attached hydrogen (secondary N) is 2. The molecule has 0 aliphatic heterocycles. The van der Waals surface area contributed by atoms with Gasteiger partial charge in [-0.25, -0.2) is 5.43 Å². The second kappa shape index (κ2) is 9.14. The van der Waals surface area contributed by atoms with Crippen LogP contribution in [-0.2, 0) is 4.79 Å². The van der Waals surface area contributed by atoms with Crippen molar-refractivity contribution in [1.82, 2.24) is 10.7 Å². The summed E-state index contributed by atoms with van der Waals surface area (Å²) in [6.45, 7) is 5.65. The van der Waals surface area contributed by atoms with E-state index in [2.05, 4.69) is 47.7 Å². The Labute approximate surface area is 168 Å². The summed E-state index contributed by atoms with van der Waals surface area (Å²) >= 11 is 6.52. The number of amides is 2. The summed E-state index contributed by atoms with van der Waals surface area (Å²) in [6.07, 6.45) is 1.38. The molecule has 138 valence electrons. The van der Waals surface area contributed by atoms with Crippen molar-refractivity contribution in [3.05, 3.63) is 56.4 Å². The molecule has 1 atom stereocenters. The molecule has 0 aliphatic rings. The summed E-state index contributed by atoms with van der Waals surface area (Å²) in [5.41, 5.74) is 4.00. The second-order valence-electron chi connectivity index (χ2n) is 6.07. The first-order valence-electron chi connectivity index (χ1n) is 7.93. The Morgan fingerprint density at radius 2 is 1.85 bits per heavy atom. The molecule has 2 amide bonds. The number of hydrazone groups is 1. The van der Waals surface area contributed by atoms with Crippen molar-refractivity contribution >= 4 is 49.9 Å². The predicted octanol–water partition coefficient (Wildman–Crippen LogP) is 4.02. The van der Waals surface area contributed by atoms with Gasteiger partial charge in [0, 0.05) is 11.6 Å². The zero-order valence-electron chi connectivity index (χ0n) is 14.5. The van der Waals surface area contributed by atoms with E-state index in [4.69, 9.17) is 4.42 Å². The van der Waals surface area contributed by atoms with Crippen molar-refractivity contribution in [3.8, 4) is 0 Å². The number of hydrogen-bond donors (Lipinski definition) is 2. The number of benzene rings is 1. The van der Waals surface area contributed by atoms with Crippen LogP contribution in [0.15, 0.2) is 49.0 Å². The van der Waals surface area contributed by atoms with Crippen molar-refractivity contribution in [2.75, 3.05) is 0 Å². The molecule has 2 N–H and O–H groups in total. The van der Waals surface area contributed by atoms with Crippen LogP contribution in [-0.4, -0.2) is 24.1 Å². The fraction of sp³-hybridized carbons (Fsp3) is 0.278. The molecule has 0 fully saturated rings. The zero-order valence-corrected chi connectivity index (χ0v) is 17.7. The Morgan fingerprint density at radius 1 is 1.19 bits per heavy atom. The van der Waals surface area contributed by atoms with Crippen molar-refractivity contribution in [2.24, 2.45) is 11.0 Å². The number of furan rings is 1. The van der Waals surface area contributed by atoms with Crippen molar-refractivity contribution in [2.45, 2.75) is 26.8 Å². The Morgan fingerprint density at radius 3 is 2.38 bits per heavy atom. The molecule has 2 aromatic rings. The molecule has 0 spiro atoms. The van der Waals surface area contributed by atoms with Crippen LogP contribution in [0.4, 0.5) is 0 Å². The van der Waals surface area contributed by atoms with Gasteiger partial charge in [-0.1, -0.05) is 31.5 Å². The molecular weight excluding hydrogens is 466 g/mol. The maximum Gasteiger partial charge on any atom is 0.262 e. The van der Waals surface area contributed by atoms with Crippen LogP contribution in [0.2, 0.25) is 0 Å². The normalized spacial score (nSPS) is 12.4. The lowest BCUT2D eigenvalue weighted by atomic mass is 10.0. The number of nitrogens with zero attached hydrogens (tertiary/aromatic N) is 1. The van der Waals surface area contributed by atoms with Crippen LogP contribution >= 0.6 is 31.9 Å². The van der Waals surface area contributed by atoms with Gasteiger partial charge in [0.2, 0.25) is 0 Å². The van der Waals surface area contributed by atoms with E-state index < -0.39 is 11.9 Å². The topological polar surface area (TPSA) is 83.7 Å². The van der Waals surface area contributed by atoms with E-state index in [-0.39, 0.29) is 11.8 Å². The number of hydrogen-bond acceptors (Lipinski definition) is 4. The fourth-order valence-electron chi connectivity index (χ4n) is 2.12. The van der Waals surface area contributed by atoms with Gasteiger partial charge in [0.15, 0.2) is 4.67 Å². The monoisotopic (exact) mass is 483 g/mol. The molecule has 1 heterocycles. The Hall–Kier alpha value is -1.93. The van der Waals surface area contributed by atoms with E-state index in [9.17, 15) is 9.59 Å². The van der Waals surface area contributed by atoms with Crippen LogP contribution in [0.25, 0.3) is 0 Å². The van der Waals surface area contributed by atoms with Gasteiger partial charge >= 0.3 is 0 Å². The van der Waals surface area contributed by atoms with Crippen LogP contribution in [0.1, 0.15) is 35.5 Å². The van der Waals surface area contributed by atoms with E-state index in [0.717, 1.165) is 10.0 Å². The van der Waals surface area contributed by atoms with Gasteiger partial charge < -0.3 is 9.73 Å². The van der Waals surface area contributed by atoms with Gasteiger partial charge in [0.1, 0.15) is 11.8 Å². The maximum atomic E-state index is 12.4. The molecule has 2 rings (SSSR count). The summed E-state index contributed by atoms with van der Waals surface area (Å²) in [5.74, 6) is -0.344. The minimum Gasteiger partial charge on any atom is -0.447 e. The van der Waals surface area contributed by atoms with Crippen LogP contribution in [0.3, 0.4) is 0 Å². The van der Waals surface area contributed by atoms with Crippen molar-refractivity contribution < 1.29 is 14.0 Å². The SMILES string of the molecule is Cc1ccc(C(=O)NC(C(=O)NN=Cc2cc(Br)c(Br)o2)C(C)C)cc1. The lowest BCUT2D eigenvalue weighted by molar-refractivity contribution is -0.123.